The number of halogens is 7. The topological polar surface area (TPSA) is 26.0 Å². The summed E-state index contributed by atoms with van der Waals surface area (Å²) in [5.41, 5.74) is 3.20. The lowest BCUT2D eigenvalue weighted by atomic mass is 9.99. The summed E-state index contributed by atoms with van der Waals surface area (Å²) in [5.74, 6) is -1.62. The molecular formula is C11H10F7N. The van der Waals surface area contributed by atoms with Crippen LogP contribution in [0, 0.1) is 5.82 Å². The lowest BCUT2D eigenvalue weighted by Gasteiger charge is -2.17. The summed E-state index contributed by atoms with van der Waals surface area (Å²) < 4.78 is 86.7. The van der Waals surface area contributed by atoms with E-state index in [0.717, 1.165) is 12.1 Å². The van der Waals surface area contributed by atoms with Crippen molar-refractivity contribution in [3.05, 3.63) is 35.1 Å². The average Bonchev–Trinajstić information content (AvgIpc) is 2.23. The third kappa shape index (κ3) is 4.38. The van der Waals surface area contributed by atoms with Gasteiger partial charge in [-0.15, -0.1) is 0 Å². The molecule has 0 aliphatic carbocycles. The van der Waals surface area contributed by atoms with Crippen LogP contribution in [0.1, 0.15) is 30.0 Å². The minimum absolute atomic E-state index is 0.509. The van der Waals surface area contributed by atoms with Crippen molar-refractivity contribution in [2.45, 2.75) is 31.2 Å². The van der Waals surface area contributed by atoms with E-state index in [1.54, 1.807) is 0 Å². The summed E-state index contributed by atoms with van der Waals surface area (Å²) >= 11 is 0. The van der Waals surface area contributed by atoms with Gasteiger partial charge in [0.15, 0.2) is 0 Å². The van der Waals surface area contributed by atoms with E-state index in [2.05, 4.69) is 0 Å². The Hall–Kier alpha value is -1.31. The highest BCUT2D eigenvalue weighted by Crippen LogP contribution is 2.35. The van der Waals surface area contributed by atoms with Crippen LogP contribution in [0.25, 0.3) is 0 Å². The molecule has 0 aliphatic heterocycles. The van der Waals surface area contributed by atoms with Gasteiger partial charge in [0.2, 0.25) is 0 Å². The highest BCUT2D eigenvalue weighted by Gasteiger charge is 2.36. The van der Waals surface area contributed by atoms with Crippen LogP contribution in [0.15, 0.2) is 18.2 Å². The summed E-state index contributed by atoms with van der Waals surface area (Å²) in [6.45, 7) is 0. The molecule has 108 valence electrons. The SMILES string of the molecule is N[C@@H](CCC(F)(F)F)c1cccc(C(F)(F)F)c1F. The number of rotatable bonds is 3. The fraction of sp³-hybridized carbons (Fsp3) is 0.455. The second-order valence-electron chi connectivity index (χ2n) is 3.97. The maximum atomic E-state index is 13.6. The summed E-state index contributed by atoms with van der Waals surface area (Å²) in [6.07, 6.45) is -11.4. The van der Waals surface area contributed by atoms with E-state index in [-0.39, 0.29) is 0 Å². The van der Waals surface area contributed by atoms with Gasteiger partial charge >= 0.3 is 12.4 Å². The zero-order valence-corrected chi connectivity index (χ0v) is 9.45. The molecule has 0 aliphatic rings. The lowest BCUT2D eigenvalue weighted by Crippen LogP contribution is -2.19. The van der Waals surface area contributed by atoms with Gasteiger partial charge in [-0.1, -0.05) is 12.1 Å². The van der Waals surface area contributed by atoms with Gasteiger partial charge in [-0.2, -0.15) is 26.3 Å². The van der Waals surface area contributed by atoms with E-state index in [4.69, 9.17) is 5.73 Å². The summed E-state index contributed by atoms with van der Waals surface area (Å²) in [6, 6.07) is 0.930. The van der Waals surface area contributed by atoms with Crippen LogP contribution in [-0.2, 0) is 6.18 Å². The van der Waals surface area contributed by atoms with E-state index in [0.29, 0.717) is 6.07 Å². The Morgan fingerprint density at radius 1 is 1.05 bits per heavy atom. The molecule has 0 aromatic heterocycles. The van der Waals surface area contributed by atoms with Crippen molar-refractivity contribution in [3.8, 4) is 0 Å². The highest BCUT2D eigenvalue weighted by molar-refractivity contribution is 5.30. The smallest absolute Gasteiger partial charge is 0.324 e. The van der Waals surface area contributed by atoms with Crippen molar-refractivity contribution in [2.75, 3.05) is 0 Å². The van der Waals surface area contributed by atoms with E-state index in [1.165, 1.54) is 0 Å². The lowest BCUT2D eigenvalue weighted by molar-refractivity contribution is -0.140. The minimum Gasteiger partial charge on any atom is -0.324 e. The van der Waals surface area contributed by atoms with Crippen LogP contribution < -0.4 is 5.73 Å². The second-order valence-corrected chi connectivity index (χ2v) is 3.97. The number of hydrogen-bond donors (Lipinski definition) is 1. The molecule has 0 saturated heterocycles. The van der Waals surface area contributed by atoms with Crippen molar-refractivity contribution in [1.82, 2.24) is 0 Å². The van der Waals surface area contributed by atoms with E-state index in [1.807, 2.05) is 0 Å². The van der Waals surface area contributed by atoms with Crippen LogP contribution in [0.4, 0.5) is 30.7 Å². The molecule has 0 fully saturated rings. The normalized spacial score (nSPS) is 14.5. The molecule has 1 rings (SSSR count). The molecule has 0 bridgehead atoms. The Kier molecular flexibility index (Phi) is 4.44. The van der Waals surface area contributed by atoms with Crippen LogP contribution in [0.5, 0.6) is 0 Å². The Labute approximate surface area is 104 Å². The van der Waals surface area contributed by atoms with Gasteiger partial charge in [-0.25, -0.2) is 4.39 Å². The number of benzene rings is 1. The van der Waals surface area contributed by atoms with Crippen LogP contribution in [-0.4, -0.2) is 6.18 Å². The number of hydrogen-bond acceptors (Lipinski definition) is 1. The largest absolute Gasteiger partial charge is 0.419 e. The fourth-order valence-electron chi connectivity index (χ4n) is 1.53. The van der Waals surface area contributed by atoms with Gasteiger partial charge in [-0.05, 0) is 12.5 Å². The van der Waals surface area contributed by atoms with Crippen molar-refractivity contribution < 1.29 is 30.7 Å². The first-order valence-corrected chi connectivity index (χ1v) is 5.20. The molecule has 1 aromatic rings. The number of nitrogens with two attached hydrogens (primary N) is 1. The third-order valence-corrected chi connectivity index (χ3v) is 2.47. The molecule has 0 unspecified atom stereocenters. The molecule has 8 heteroatoms. The van der Waals surface area contributed by atoms with Crippen molar-refractivity contribution in [1.29, 1.82) is 0 Å². The summed E-state index contributed by atoms with van der Waals surface area (Å²) in [7, 11) is 0. The Morgan fingerprint density at radius 3 is 2.11 bits per heavy atom. The van der Waals surface area contributed by atoms with Gasteiger partial charge in [0, 0.05) is 18.0 Å². The van der Waals surface area contributed by atoms with Gasteiger partial charge in [0.25, 0.3) is 0 Å². The quantitative estimate of drug-likeness (QED) is 0.830. The third-order valence-electron chi connectivity index (χ3n) is 2.47. The predicted molar refractivity (Wildman–Crippen MR) is 53.6 cm³/mol. The Morgan fingerprint density at radius 2 is 1.63 bits per heavy atom. The molecular weight excluding hydrogens is 279 g/mol. The van der Waals surface area contributed by atoms with Crippen LogP contribution >= 0.6 is 0 Å². The standard InChI is InChI=1S/C11H10F7N/c12-9-6(8(19)4-5-10(13,14)15)2-1-3-7(9)11(16,17)18/h1-3,8H,4-5,19H2/t8-/m0/s1. The zero-order valence-electron chi connectivity index (χ0n) is 9.45. The summed E-state index contributed by atoms with van der Waals surface area (Å²) in [5, 5.41) is 0. The molecule has 0 spiro atoms. The maximum absolute atomic E-state index is 13.6. The fourth-order valence-corrected chi connectivity index (χ4v) is 1.53. The van der Waals surface area contributed by atoms with Gasteiger partial charge in [-0.3, -0.25) is 0 Å². The highest BCUT2D eigenvalue weighted by atomic mass is 19.4. The van der Waals surface area contributed by atoms with Crippen molar-refractivity contribution in [3.63, 3.8) is 0 Å². The van der Waals surface area contributed by atoms with Crippen LogP contribution in [0.2, 0.25) is 0 Å². The molecule has 1 atom stereocenters. The molecule has 1 nitrogen and oxygen atoms in total. The second kappa shape index (κ2) is 5.36. The average molecular weight is 289 g/mol. The molecule has 1 aromatic carbocycles. The van der Waals surface area contributed by atoms with Gasteiger partial charge < -0.3 is 5.73 Å². The van der Waals surface area contributed by atoms with Crippen molar-refractivity contribution in [2.24, 2.45) is 5.73 Å². The van der Waals surface area contributed by atoms with E-state index in [9.17, 15) is 30.7 Å². The first kappa shape index (κ1) is 15.7. The summed E-state index contributed by atoms with van der Waals surface area (Å²) in [4.78, 5) is 0. The molecule has 0 heterocycles. The Bertz CT molecular complexity index is 436. The first-order valence-electron chi connectivity index (χ1n) is 5.20. The predicted octanol–water partition coefficient (Wildman–Crippen LogP) is 4.19. The monoisotopic (exact) mass is 289 g/mol. The number of alkyl halides is 6. The Balaban J connectivity index is 2.96. The molecule has 2 N–H and O–H groups in total. The van der Waals surface area contributed by atoms with Gasteiger partial charge in [0.1, 0.15) is 5.82 Å². The van der Waals surface area contributed by atoms with Gasteiger partial charge in [0.05, 0.1) is 5.56 Å². The zero-order chi connectivity index (χ0) is 14.8. The van der Waals surface area contributed by atoms with Crippen molar-refractivity contribution >= 4 is 0 Å². The minimum atomic E-state index is -4.91. The molecule has 0 radical (unpaired) electrons. The molecule has 0 saturated carbocycles. The van der Waals surface area contributed by atoms with Crippen LogP contribution in [0.3, 0.4) is 0 Å². The maximum Gasteiger partial charge on any atom is 0.419 e. The first-order chi connectivity index (χ1) is 8.52. The van der Waals surface area contributed by atoms with E-state index < -0.39 is 48.2 Å². The molecule has 19 heavy (non-hydrogen) atoms. The molecule has 0 amide bonds. The van der Waals surface area contributed by atoms with E-state index >= 15 is 0 Å².